The lowest BCUT2D eigenvalue weighted by Gasteiger charge is -2.15. The van der Waals surface area contributed by atoms with E-state index < -0.39 is 11.9 Å². The van der Waals surface area contributed by atoms with Crippen LogP contribution in [-0.4, -0.2) is 17.0 Å². The highest BCUT2D eigenvalue weighted by Gasteiger charge is 2.09. The fourth-order valence-corrected chi connectivity index (χ4v) is 1.84. The van der Waals surface area contributed by atoms with Gasteiger partial charge >= 0.3 is 5.97 Å². The average Bonchev–Trinajstić information content (AvgIpc) is 2.44. The van der Waals surface area contributed by atoms with Crippen LogP contribution in [0.1, 0.15) is 50.3 Å². The van der Waals surface area contributed by atoms with Crippen molar-refractivity contribution < 1.29 is 14.7 Å². The fourth-order valence-electron chi connectivity index (χ4n) is 1.84. The monoisotopic (exact) mass is 275 g/mol. The Morgan fingerprint density at radius 3 is 2.20 bits per heavy atom. The highest BCUT2D eigenvalue weighted by molar-refractivity contribution is 5.94. The maximum Gasteiger partial charge on any atom is 0.328 e. The van der Waals surface area contributed by atoms with E-state index in [-0.39, 0.29) is 6.04 Å². The minimum absolute atomic E-state index is 0.160. The Kier molecular flexibility index (Phi) is 5.97. The molecule has 0 aliphatic rings. The molecule has 1 aromatic rings. The van der Waals surface area contributed by atoms with Gasteiger partial charge in [-0.2, -0.15) is 0 Å². The minimum Gasteiger partial charge on any atom is -0.478 e. The number of carboxylic acid groups (broad SMARTS) is 1. The molecule has 1 rings (SSSR count). The maximum absolute atomic E-state index is 11.5. The Hall–Kier alpha value is -2.10. The first-order chi connectivity index (χ1) is 9.43. The molecular weight excluding hydrogens is 254 g/mol. The molecule has 0 aliphatic carbocycles. The number of carbonyl (C=O) groups is 2. The van der Waals surface area contributed by atoms with E-state index in [2.05, 4.69) is 31.3 Å². The van der Waals surface area contributed by atoms with Crippen LogP contribution in [0.25, 0.3) is 0 Å². The Bertz CT molecular complexity index is 491. The molecule has 2 N–H and O–H groups in total. The molecule has 0 saturated heterocycles. The van der Waals surface area contributed by atoms with Crippen molar-refractivity contribution in [2.75, 3.05) is 0 Å². The maximum atomic E-state index is 11.5. The molecule has 1 amide bonds. The fraction of sp³-hybridized carbons (Fsp3) is 0.375. The van der Waals surface area contributed by atoms with Gasteiger partial charge in [-0.1, -0.05) is 38.1 Å². The van der Waals surface area contributed by atoms with Crippen LogP contribution in [0.2, 0.25) is 0 Å². The number of benzene rings is 1. The van der Waals surface area contributed by atoms with Crippen molar-refractivity contribution in [3.63, 3.8) is 0 Å². The van der Waals surface area contributed by atoms with Crippen LogP contribution in [0.15, 0.2) is 36.4 Å². The van der Waals surface area contributed by atoms with Crippen LogP contribution >= 0.6 is 0 Å². The van der Waals surface area contributed by atoms with E-state index in [1.165, 1.54) is 5.56 Å². The van der Waals surface area contributed by atoms with Crippen LogP contribution < -0.4 is 5.32 Å². The Morgan fingerprint density at radius 1 is 1.15 bits per heavy atom. The molecule has 0 unspecified atom stereocenters. The van der Waals surface area contributed by atoms with Crippen LogP contribution in [0.3, 0.4) is 0 Å². The number of hydrogen-bond donors (Lipinski definition) is 2. The molecule has 0 aromatic heterocycles. The number of hydrogen-bond acceptors (Lipinski definition) is 2. The number of nitrogens with one attached hydrogen (secondary N) is 1. The third kappa shape index (κ3) is 4.88. The molecule has 0 aliphatic heterocycles. The molecular formula is C16H21NO3. The van der Waals surface area contributed by atoms with Gasteiger partial charge in [-0.3, -0.25) is 4.79 Å². The van der Waals surface area contributed by atoms with Crippen LogP contribution in [-0.2, 0) is 9.59 Å². The first-order valence-electron chi connectivity index (χ1n) is 6.75. The topological polar surface area (TPSA) is 66.4 Å². The average molecular weight is 275 g/mol. The molecule has 20 heavy (non-hydrogen) atoms. The summed E-state index contributed by atoms with van der Waals surface area (Å²) in [6.45, 7) is 6.19. The molecule has 4 heteroatoms. The summed E-state index contributed by atoms with van der Waals surface area (Å²) < 4.78 is 0. The summed E-state index contributed by atoms with van der Waals surface area (Å²) in [6.07, 6.45) is 2.94. The van der Waals surface area contributed by atoms with Crippen molar-refractivity contribution in [1.82, 2.24) is 5.32 Å². The van der Waals surface area contributed by atoms with Crippen molar-refractivity contribution in [2.45, 2.75) is 39.2 Å². The summed E-state index contributed by atoms with van der Waals surface area (Å²) in [4.78, 5) is 21.8. The lowest BCUT2D eigenvalue weighted by Crippen LogP contribution is -2.24. The normalized spacial score (nSPS) is 13.9. The predicted octanol–water partition coefficient (Wildman–Crippen LogP) is 3.02. The third-order valence-corrected chi connectivity index (χ3v) is 3.35. The van der Waals surface area contributed by atoms with E-state index in [0.717, 1.165) is 24.1 Å². The van der Waals surface area contributed by atoms with E-state index in [0.29, 0.717) is 5.92 Å². The smallest absolute Gasteiger partial charge is 0.328 e. The van der Waals surface area contributed by atoms with Gasteiger partial charge in [0, 0.05) is 12.2 Å². The van der Waals surface area contributed by atoms with E-state index in [1.54, 1.807) is 0 Å². The van der Waals surface area contributed by atoms with E-state index in [1.807, 2.05) is 19.1 Å². The van der Waals surface area contributed by atoms with Crippen molar-refractivity contribution in [2.24, 2.45) is 0 Å². The van der Waals surface area contributed by atoms with Crippen molar-refractivity contribution in [3.8, 4) is 0 Å². The molecule has 0 heterocycles. The van der Waals surface area contributed by atoms with Gasteiger partial charge in [0.05, 0.1) is 6.04 Å². The minimum atomic E-state index is -1.13. The van der Waals surface area contributed by atoms with Crippen molar-refractivity contribution in [3.05, 3.63) is 47.5 Å². The zero-order chi connectivity index (χ0) is 15.1. The summed E-state index contributed by atoms with van der Waals surface area (Å²) in [7, 11) is 0. The second kappa shape index (κ2) is 7.48. The van der Waals surface area contributed by atoms with Gasteiger partial charge in [-0.15, -0.1) is 0 Å². The second-order valence-corrected chi connectivity index (χ2v) is 4.88. The Morgan fingerprint density at radius 2 is 1.70 bits per heavy atom. The SMILES string of the molecule is CC[C@H](C)c1ccc([C@@H](C)NC(=O)C=CC(=O)O)cc1. The van der Waals surface area contributed by atoms with Gasteiger partial charge in [-0.25, -0.2) is 4.79 Å². The third-order valence-electron chi connectivity index (χ3n) is 3.35. The number of rotatable bonds is 6. The quantitative estimate of drug-likeness (QED) is 0.784. The van der Waals surface area contributed by atoms with Gasteiger partial charge in [0.2, 0.25) is 5.91 Å². The lowest BCUT2D eigenvalue weighted by molar-refractivity contribution is -0.131. The summed E-state index contributed by atoms with van der Waals surface area (Å²) in [5, 5.41) is 11.2. The molecule has 1 aromatic carbocycles. The molecule has 0 bridgehead atoms. The molecule has 0 spiro atoms. The van der Waals surface area contributed by atoms with Gasteiger partial charge < -0.3 is 10.4 Å². The Labute approximate surface area is 119 Å². The first-order valence-corrected chi connectivity index (χ1v) is 6.75. The summed E-state index contributed by atoms with van der Waals surface area (Å²) >= 11 is 0. The summed E-state index contributed by atoms with van der Waals surface area (Å²) in [5.41, 5.74) is 2.27. The highest BCUT2D eigenvalue weighted by atomic mass is 16.4. The van der Waals surface area contributed by atoms with Gasteiger partial charge in [0.1, 0.15) is 0 Å². The number of aliphatic carboxylic acids is 1. The zero-order valence-electron chi connectivity index (χ0n) is 12.1. The molecule has 2 atom stereocenters. The van der Waals surface area contributed by atoms with E-state index in [9.17, 15) is 9.59 Å². The molecule has 4 nitrogen and oxygen atoms in total. The molecule has 0 fully saturated rings. The molecule has 0 saturated carbocycles. The van der Waals surface area contributed by atoms with Gasteiger partial charge in [0.25, 0.3) is 0 Å². The zero-order valence-corrected chi connectivity index (χ0v) is 12.1. The van der Waals surface area contributed by atoms with Gasteiger partial charge in [0.15, 0.2) is 0 Å². The number of carbonyl (C=O) groups excluding carboxylic acids is 1. The van der Waals surface area contributed by atoms with Crippen LogP contribution in [0.4, 0.5) is 0 Å². The van der Waals surface area contributed by atoms with Crippen LogP contribution in [0, 0.1) is 0 Å². The Balaban J connectivity index is 2.66. The summed E-state index contributed by atoms with van der Waals surface area (Å²) in [6, 6.07) is 7.96. The van der Waals surface area contributed by atoms with Crippen molar-refractivity contribution in [1.29, 1.82) is 0 Å². The van der Waals surface area contributed by atoms with Crippen molar-refractivity contribution >= 4 is 11.9 Å². The lowest BCUT2D eigenvalue weighted by atomic mass is 9.96. The molecule has 0 radical (unpaired) electrons. The largest absolute Gasteiger partial charge is 0.478 e. The number of carboxylic acids is 1. The standard InChI is InChI=1S/C16H21NO3/c1-4-11(2)13-5-7-14(8-6-13)12(3)17-15(18)9-10-16(19)20/h5-12H,4H2,1-3H3,(H,17,18)(H,19,20)/t11-,12+/m0/s1. The first kappa shape index (κ1) is 16.0. The second-order valence-electron chi connectivity index (χ2n) is 4.88. The predicted molar refractivity (Wildman–Crippen MR) is 78.5 cm³/mol. The van der Waals surface area contributed by atoms with E-state index in [4.69, 9.17) is 5.11 Å². The highest BCUT2D eigenvalue weighted by Crippen LogP contribution is 2.21. The molecule has 108 valence electrons. The number of amides is 1. The van der Waals surface area contributed by atoms with Crippen LogP contribution in [0.5, 0.6) is 0 Å². The summed E-state index contributed by atoms with van der Waals surface area (Å²) in [5.74, 6) is -1.02. The van der Waals surface area contributed by atoms with E-state index >= 15 is 0 Å². The van der Waals surface area contributed by atoms with Gasteiger partial charge in [-0.05, 0) is 30.4 Å².